The Labute approximate surface area is 170 Å². The van der Waals surface area contributed by atoms with Crippen LogP contribution in [0.2, 0.25) is 0 Å². The van der Waals surface area contributed by atoms with Gasteiger partial charge in [-0.15, -0.1) is 0 Å². The summed E-state index contributed by atoms with van der Waals surface area (Å²) in [7, 11) is 0. The van der Waals surface area contributed by atoms with Crippen LogP contribution in [0.5, 0.6) is 0 Å². The summed E-state index contributed by atoms with van der Waals surface area (Å²) in [6, 6.07) is 15.0. The van der Waals surface area contributed by atoms with Crippen LogP contribution < -0.4 is 11.5 Å². The number of benzene rings is 2. The Morgan fingerprint density at radius 1 is 0.793 bits per heavy atom. The van der Waals surface area contributed by atoms with E-state index >= 15 is 0 Å². The number of hydrogen-bond donors (Lipinski definition) is 4. The first-order chi connectivity index (χ1) is 13.5. The molecule has 0 bridgehead atoms. The average molecular weight is 400 g/mol. The second-order valence-electron chi connectivity index (χ2n) is 7.73. The molecule has 7 heteroatoms. The molecule has 156 valence electrons. The van der Waals surface area contributed by atoms with Crippen molar-refractivity contribution in [1.82, 2.24) is 0 Å². The van der Waals surface area contributed by atoms with E-state index in [0.717, 1.165) is 11.1 Å². The number of nitrogens with two attached hydrogens (primary N) is 2. The lowest BCUT2D eigenvalue weighted by molar-refractivity contribution is -0.168. The first-order valence-electron chi connectivity index (χ1n) is 9.32. The first kappa shape index (κ1) is 22.7. The summed E-state index contributed by atoms with van der Waals surface area (Å²) >= 11 is 0. The van der Waals surface area contributed by atoms with Gasteiger partial charge in [0.2, 0.25) is 0 Å². The predicted molar refractivity (Wildman–Crippen MR) is 109 cm³/mol. The molecule has 0 unspecified atom stereocenters. The molecule has 0 saturated heterocycles. The van der Waals surface area contributed by atoms with Crippen molar-refractivity contribution >= 4 is 11.9 Å². The van der Waals surface area contributed by atoms with Gasteiger partial charge in [0.05, 0.1) is 11.2 Å². The van der Waals surface area contributed by atoms with Crippen molar-refractivity contribution in [3.05, 3.63) is 71.8 Å². The minimum atomic E-state index is -1.64. The second kappa shape index (κ2) is 9.28. The molecule has 0 amide bonds. The zero-order chi connectivity index (χ0) is 21.7. The summed E-state index contributed by atoms with van der Waals surface area (Å²) in [5, 5.41) is 21.2. The number of aliphatic hydroxyl groups is 2. The summed E-state index contributed by atoms with van der Waals surface area (Å²) in [5.74, 6) is -2.22. The lowest BCUT2D eigenvalue weighted by Gasteiger charge is -2.30. The monoisotopic (exact) mass is 400 g/mol. The zero-order valence-corrected chi connectivity index (χ0v) is 16.6. The number of hydrogen-bond acceptors (Lipinski definition) is 7. The molecule has 0 aromatic heterocycles. The largest absolute Gasteiger partial charge is 0.391 e. The maximum absolute atomic E-state index is 12.3. The summed E-state index contributed by atoms with van der Waals surface area (Å²) < 4.78 is 4.77. The highest BCUT2D eigenvalue weighted by molar-refractivity contribution is 5.91. The van der Waals surface area contributed by atoms with E-state index in [-0.39, 0.29) is 12.8 Å². The van der Waals surface area contributed by atoms with Gasteiger partial charge in [0.1, 0.15) is 12.1 Å². The molecular weight excluding hydrogens is 372 g/mol. The minimum Gasteiger partial charge on any atom is -0.391 e. The van der Waals surface area contributed by atoms with Crippen LogP contribution >= 0.6 is 0 Å². The molecule has 2 rings (SSSR count). The molecule has 6 N–H and O–H groups in total. The number of ether oxygens (including phenoxy) is 1. The van der Waals surface area contributed by atoms with Gasteiger partial charge in [-0.25, -0.2) is 9.59 Å². The van der Waals surface area contributed by atoms with Crippen molar-refractivity contribution in [2.24, 2.45) is 11.5 Å². The zero-order valence-electron chi connectivity index (χ0n) is 16.6. The number of carbonyl (C=O) groups excluding carboxylic acids is 2. The lowest BCUT2D eigenvalue weighted by atomic mass is 9.89. The smallest absolute Gasteiger partial charge is 0.333 e. The van der Waals surface area contributed by atoms with E-state index in [0.29, 0.717) is 0 Å². The second-order valence-corrected chi connectivity index (χ2v) is 7.73. The van der Waals surface area contributed by atoms with Crippen LogP contribution in [0.3, 0.4) is 0 Å². The molecule has 0 saturated carbocycles. The molecule has 7 nitrogen and oxygen atoms in total. The molecule has 2 aromatic carbocycles. The fourth-order valence-corrected chi connectivity index (χ4v) is 2.97. The summed E-state index contributed by atoms with van der Waals surface area (Å²) in [6.45, 7) is 2.78. The van der Waals surface area contributed by atoms with Gasteiger partial charge in [-0.3, -0.25) is 0 Å². The van der Waals surface area contributed by atoms with E-state index in [1.807, 2.05) is 12.1 Å². The molecule has 0 aliphatic rings. The molecule has 0 heterocycles. The van der Waals surface area contributed by atoms with Gasteiger partial charge in [-0.05, 0) is 25.0 Å². The molecule has 0 spiro atoms. The van der Waals surface area contributed by atoms with Crippen LogP contribution in [0.4, 0.5) is 0 Å². The summed E-state index contributed by atoms with van der Waals surface area (Å²) in [4.78, 5) is 24.6. The van der Waals surface area contributed by atoms with Crippen LogP contribution in [-0.4, -0.2) is 45.4 Å². The maximum Gasteiger partial charge on any atom is 0.333 e. The molecule has 0 radical (unpaired) electrons. The Kier molecular flexibility index (Phi) is 7.26. The highest BCUT2D eigenvalue weighted by atomic mass is 16.6. The number of esters is 2. The maximum atomic E-state index is 12.3. The van der Waals surface area contributed by atoms with E-state index in [4.69, 9.17) is 16.2 Å². The van der Waals surface area contributed by atoms with Crippen molar-refractivity contribution in [2.75, 3.05) is 0 Å². The predicted octanol–water partition coefficient (Wildman–Crippen LogP) is 0.698. The van der Waals surface area contributed by atoms with Gasteiger partial charge in [-0.2, -0.15) is 0 Å². The van der Waals surface area contributed by atoms with Gasteiger partial charge in [0, 0.05) is 12.8 Å². The van der Waals surface area contributed by atoms with Crippen LogP contribution in [0.25, 0.3) is 0 Å². The number of rotatable bonds is 8. The standard InChI is InChI=1S/C22H28N2O5/c1-21(27,13-15-9-5-3-6-10-15)17(23)19(25)29-20(26)18(24)22(2,28)14-16-11-7-4-8-12-16/h3-12,17-18,27-28H,13-14,23-24H2,1-2H3/t17-,18-,21+,22+/m1/s1. The Morgan fingerprint density at radius 3 is 1.41 bits per heavy atom. The normalized spacial score (nSPS) is 17.4. The van der Waals surface area contributed by atoms with Crippen molar-refractivity contribution in [1.29, 1.82) is 0 Å². The van der Waals surface area contributed by atoms with Gasteiger partial charge < -0.3 is 26.4 Å². The third kappa shape index (κ3) is 6.20. The first-order valence-corrected chi connectivity index (χ1v) is 9.32. The molecule has 0 aliphatic carbocycles. The summed E-state index contributed by atoms with van der Waals surface area (Å²) in [6.07, 6.45) is 0.187. The average Bonchev–Trinajstić information content (AvgIpc) is 2.67. The number of carbonyl (C=O) groups is 2. The Bertz CT molecular complexity index is 752. The van der Waals surface area contributed by atoms with Crippen molar-refractivity contribution in [3.63, 3.8) is 0 Å². The minimum absolute atomic E-state index is 0.0933. The molecule has 29 heavy (non-hydrogen) atoms. The van der Waals surface area contributed by atoms with E-state index in [9.17, 15) is 19.8 Å². The fourth-order valence-electron chi connectivity index (χ4n) is 2.97. The van der Waals surface area contributed by atoms with E-state index < -0.39 is 35.2 Å². The Hall–Kier alpha value is -2.58. The van der Waals surface area contributed by atoms with Crippen molar-refractivity contribution in [2.45, 2.75) is 50.0 Å². The highest BCUT2D eigenvalue weighted by Gasteiger charge is 2.41. The van der Waals surface area contributed by atoms with Crippen LogP contribution in [0.1, 0.15) is 25.0 Å². The van der Waals surface area contributed by atoms with E-state index in [1.165, 1.54) is 13.8 Å². The summed E-state index contributed by atoms with van der Waals surface area (Å²) in [5.41, 5.74) is 9.95. The van der Waals surface area contributed by atoms with Gasteiger partial charge in [0.15, 0.2) is 0 Å². The Morgan fingerprint density at radius 2 is 1.10 bits per heavy atom. The van der Waals surface area contributed by atoms with Crippen molar-refractivity contribution in [3.8, 4) is 0 Å². The molecule has 0 aliphatic heterocycles. The van der Waals surface area contributed by atoms with E-state index in [1.54, 1.807) is 48.5 Å². The highest BCUT2D eigenvalue weighted by Crippen LogP contribution is 2.20. The van der Waals surface area contributed by atoms with Gasteiger partial charge in [-0.1, -0.05) is 60.7 Å². The van der Waals surface area contributed by atoms with Crippen molar-refractivity contribution < 1.29 is 24.5 Å². The third-order valence-electron chi connectivity index (χ3n) is 4.86. The van der Waals surface area contributed by atoms with Crippen LogP contribution in [0.15, 0.2) is 60.7 Å². The SMILES string of the molecule is C[C@](O)(Cc1ccccc1)[C@H](N)C(=O)OC(=O)[C@@H](N)[C@@](C)(O)Cc1ccccc1. The fraction of sp³-hybridized carbons (Fsp3) is 0.364. The Balaban J connectivity index is 1.99. The van der Waals surface area contributed by atoms with Gasteiger partial charge in [0.25, 0.3) is 0 Å². The van der Waals surface area contributed by atoms with E-state index in [2.05, 4.69) is 0 Å². The third-order valence-corrected chi connectivity index (χ3v) is 4.86. The molecule has 2 aromatic rings. The van der Waals surface area contributed by atoms with Crippen LogP contribution in [0, 0.1) is 0 Å². The quantitative estimate of drug-likeness (QED) is 0.378. The topological polar surface area (TPSA) is 136 Å². The van der Waals surface area contributed by atoms with Crippen LogP contribution in [-0.2, 0) is 27.2 Å². The molecule has 0 fully saturated rings. The lowest BCUT2D eigenvalue weighted by Crippen LogP contribution is -2.57. The van der Waals surface area contributed by atoms with Gasteiger partial charge >= 0.3 is 11.9 Å². The molecule has 4 atom stereocenters. The molecular formula is C22H28N2O5.